The summed E-state index contributed by atoms with van der Waals surface area (Å²) >= 11 is 0. The molecule has 1 aliphatic rings. The molecule has 1 aliphatic carbocycles. The van der Waals surface area contributed by atoms with E-state index in [1.807, 2.05) is 60.7 Å². The predicted molar refractivity (Wildman–Crippen MR) is 81.7 cm³/mol. The van der Waals surface area contributed by atoms with Crippen LogP contribution in [0.25, 0.3) is 0 Å². The van der Waals surface area contributed by atoms with Crippen molar-refractivity contribution in [1.82, 2.24) is 0 Å². The fourth-order valence-corrected chi connectivity index (χ4v) is 3.94. The summed E-state index contributed by atoms with van der Waals surface area (Å²) in [6, 6.07) is 18.4. The smallest absolute Gasteiger partial charge is 0.171 e. The van der Waals surface area contributed by atoms with Gasteiger partial charge in [0.1, 0.15) is 0 Å². The van der Waals surface area contributed by atoms with Gasteiger partial charge in [0.05, 0.1) is 5.92 Å². The maximum absolute atomic E-state index is 13.8. The summed E-state index contributed by atoms with van der Waals surface area (Å²) < 4.78 is 41.4. The van der Waals surface area contributed by atoms with Gasteiger partial charge in [0.25, 0.3) is 0 Å². The Labute approximate surface area is 129 Å². The Hall–Kier alpha value is -1.77. The van der Waals surface area contributed by atoms with E-state index in [0.717, 1.165) is 17.5 Å². The summed E-state index contributed by atoms with van der Waals surface area (Å²) in [6.07, 6.45) is -1.97. The van der Waals surface area contributed by atoms with Crippen molar-refractivity contribution in [3.8, 4) is 0 Å². The van der Waals surface area contributed by atoms with Gasteiger partial charge in [-0.05, 0) is 24.0 Å². The van der Waals surface area contributed by atoms with E-state index in [2.05, 4.69) is 0 Å². The van der Waals surface area contributed by atoms with Gasteiger partial charge < -0.3 is 0 Å². The lowest BCUT2D eigenvalue weighted by atomic mass is 9.59. The summed E-state index contributed by atoms with van der Waals surface area (Å²) in [5.74, 6) is -1.32. The quantitative estimate of drug-likeness (QED) is 0.665. The summed E-state index contributed by atoms with van der Waals surface area (Å²) in [5.41, 5.74) is 0.602. The molecular formula is C19H19F3. The van der Waals surface area contributed by atoms with Gasteiger partial charge in [0.2, 0.25) is 0 Å². The van der Waals surface area contributed by atoms with Gasteiger partial charge in [0.15, 0.2) is 0 Å². The molecule has 3 heteroatoms. The highest BCUT2D eigenvalue weighted by Crippen LogP contribution is 2.54. The lowest BCUT2D eigenvalue weighted by molar-refractivity contribution is -0.197. The molecule has 0 spiro atoms. The largest absolute Gasteiger partial charge is 0.392 e. The van der Waals surface area contributed by atoms with E-state index in [-0.39, 0.29) is 6.42 Å². The van der Waals surface area contributed by atoms with Crippen molar-refractivity contribution in [3.63, 3.8) is 0 Å². The highest BCUT2D eigenvalue weighted by Gasteiger charge is 2.55. The molecule has 0 bridgehead atoms. The van der Waals surface area contributed by atoms with Crippen LogP contribution < -0.4 is 0 Å². The molecule has 22 heavy (non-hydrogen) atoms. The number of rotatable bonds is 2. The SMILES string of the molecule is FC(F)(F)C1CCCCC1(c1ccccc1)c1ccccc1. The molecular weight excluding hydrogens is 285 g/mol. The Morgan fingerprint density at radius 1 is 0.773 bits per heavy atom. The van der Waals surface area contributed by atoms with E-state index in [1.54, 1.807) is 0 Å². The Balaban J connectivity index is 2.22. The number of benzene rings is 2. The molecule has 0 N–H and O–H groups in total. The third kappa shape index (κ3) is 2.53. The van der Waals surface area contributed by atoms with Crippen molar-refractivity contribution in [3.05, 3.63) is 71.8 Å². The van der Waals surface area contributed by atoms with Crippen molar-refractivity contribution in [1.29, 1.82) is 0 Å². The number of hydrogen-bond donors (Lipinski definition) is 0. The monoisotopic (exact) mass is 304 g/mol. The molecule has 0 heterocycles. The minimum Gasteiger partial charge on any atom is -0.171 e. The normalized spacial score (nSPS) is 21.5. The number of alkyl halides is 3. The molecule has 0 aromatic heterocycles. The Morgan fingerprint density at radius 2 is 1.27 bits per heavy atom. The van der Waals surface area contributed by atoms with E-state index in [9.17, 15) is 13.2 Å². The molecule has 1 atom stereocenters. The van der Waals surface area contributed by atoms with Crippen LogP contribution in [-0.4, -0.2) is 6.18 Å². The Bertz CT molecular complexity index is 562. The molecule has 2 aromatic carbocycles. The maximum Gasteiger partial charge on any atom is 0.392 e. The van der Waals surface area contributed by atoms with Crippen LogP contribution in [0.1, 0.15) is 36.8 Å². The predicted octanol–water partition coefficient (Wildman–Crippen LogP) is 5.73. The second-order valence-corrected chi connectivity index (χ2v) is 6.04. The van der Waals surface area contributed by atoms with E-state index in [0.29, 0.717) is 12.8 Å². The molecule has 0 nitrogen and oxygen atoms in total. The summed E-state index contributed by atoms with van der Waals surface area (Å²) in [4.78, 5) is 0. The first kappa shape index (κ1) is 15.1. The van der Waals surface area contributed by atoms with Crippen LogP contribution in [0.2, 0.25) is 0 Å². The molecule has 0 aliphatic heterocycles. The molecule has 0 radical (unpaired) electrons. The fourth-order valence-electron chi connectivity index (χ4n) is 3.94. The van der Waals surface area contributed by atoms with Crippen LogP contribution in [0.5, 0.6) is 0 Å². The standard InChI is InChI=1S/C19H19F3/c20-19(21,22)17-13-7-8-14-18(17,15-9-3-1-4-10-15)16-11-5-2-6-12-16/h1-6,9-12,17H,7-8,13-14H2. The van der Waals surface area contributed by atoms with Gasteiger partial charge >= 0.3 is 6.18 Å². The number of halogens is 3. The minimum absolute atomic E-state index is 0.202. The zero-order valence-electron chi connectivity index (χ0n) is 12.3. The lowest BCUT2D eigenvalue weighted by Gasteiger charge is -2.46. The van der Waals surface area contributed by atoms with Gasteiger partial charge in [-0.25, -0.2) is 0 Å². The highest BCUT2D eigenvalue weighted by molar-refractivity contribution is 5.41. The van der Waals surface area contributed by atoms with E-state index in [1.165, 1.54) is 0 Å². The fraction of sp³-hybridized carbons (Fsp3) is 0.368. The Morgan fingerprint density at radius 3 is 1.73 bits per heavy atom. The van der Waals surface area contributed by atoms with Crippen molar-refractivity contribution < 1.29 is 13.2 Å². The average molecular weight is 304 g/mol. The first-order chi connectivity index (χ1) is 10.5. The van der Waals surface area contributed by atoms with Crippen LogP contribution in [-0.2, 0) is 5.41 Å². The minimum atomic E-state index is -4.19. The molecule has 1 fully saturated rings. The second kappa shape index (κ2) is 5.79. The topological polar surface area (TPSA) is 0 Å². The second-order valence-electron chi connectivity index (χ2n) is 6.04. The molecule has 2 aromatic rings. The summed E-state index contributed by atoms with van der Waals surface area (Å²) in [5, 5.41) is 0. The highest BCUT2D eigenvalue weighted by atomic mass is 19.4. The molecule has 1 unspecified atom stereocenters. The van der Waals surface area contributed by atoms with E-state index in [4.69, 9.17) is 0 Å². The summed E-state index contributed by atoms with van der Waals surface area (Å²) in [7, 11) is 0. The van der Waals surface area contributed by atoms with Gasteiger partial charge in [-0.1, -0.05) is 73.5 Å². The first-order valence-electron chi connectivity index (χ1n) is 7.73. The zero-order chi connectivity index (χ0) is 15.6. The number of hydrogen-bond acceptors (Lipinski definition) is 0. The van der Waals surface area contributed by atoms with Crippen molar-refractivity contribution in [2.45, 2.75) is 37.3 Å². The molecule has 3 rings (SSSR count). The molecule has 116 valence electrons. The van der Waals surface area contributed by atoms with Crippen molar-refractivity contribution in [2.24, 2.45) is 5.92 Å². The van der Waals surface area contributed by atoms with Crippen LogP contribution in [0.4, 0.5) is 13.2 Å². The van der Waals surface area contributed by atoms with Gasteiger partial charge in [-0.2, -0.15) is 13.2 Å². The average Bonchev–Trinajstić information content (AvgIpc) is 2.55. The van der Waals surface area contributed by atoms with Gasteiger partial charge in [0, 0.05) is 5.41 Å². The lowest BCUT2D eigenvalue weighted by Crippen LogP contribution is -2.46. The zero-order valence-corrected chi connectivity index (χ0v) is 12.3. The van der Waals surface area contributed by atoms with E-state index >= 15 is 0 Å². The molecule has 1 saturated carbocycles. The van der Waals surface area contributed by atoms with Crippen LogP contribution in [0.15, 0.2) is 60.7 Å². The van der Waals surface area contributed by atoms with E-state index < -0.39 is 17.5 Å². The van der Waals surface area contributed by atoms with Crippen molar-refractivity contribution in [2.75, 3.05) is 0 Å². The molecule has 0 amide bonds. The van der Waals surface area contributed by atoms with Crippen LogP contribution in [0, 0.1) is 5.92 Å². The van der Waals surface area contributed by atoms with Gasteiger partial charge in [-0.15, -0.1) is 0 Å². The first-order valence-corrected chi connectivity index (χ1v) is 7.73. The Kier molecular flexibility index (Phi) is 3.98. The van der Waals surface area contributed by atoms with Crippen LogP contribution >= 0.6 is 0 Å². The van der Waals surface area contributed by atoms with Gasteiger partial charge in [-0.3, -0.25) is 0 Å². The maximum atomic E-state index is 13.8. The van der Waals surface area contributed by atoms with Crippen LogP contribution in [0.3, 0.4) is 0 Å². The summed E-state index contributed by atoms with van der Waals surface area (Å²) in [6.45, 7) is 0. The van der Waals surface area contributed by atoms with Crippen molar-refractivity contribution >= 4 is 0 Å². The third-order valence-electron chi connectivity index (χ3n) is 4.88. The molecule has 0 saturated heterocycles. The third-order valence-corrected chi connectivity index (χ3v) is 4.88.